The van der Waals surface area contributed by atoms with Crippen LogP contribution in [-0.4, -0.2) is 39.1 Å². The number of nitrogens with zero attached hydrogens (tertiary/aromatic N) is 1. The van der Waals surface area contributed by atoms with Crippen molar-refractivity contribution in [1.29, 1.82) is 0 Å². The Hall–Kier alpha value is -1.20. The summed E-state index contributed by atoms with van der Waals surface area (Å²) < 4.78 is 11.7. The van der Waals surface area contributed by atoms with Crippen LogP contribution in [0.4, 0.5) is 0 Å². The first-order valence-corrected chi connectivity index (χ1v) is 8.91. The van der Waals surface area contributed by atoms with Crippen LogP contribution >= 0.6 is 0 Å². The molecule has 1 aromatic carbocycles. The van der Waals surface area contributed by atoms with Crippen LogP contribution in [0.5, 0.6) is 0 Å². The normalized spacial score (nSPS) is 23.6. The molecule has 1 aliphatic rings. The first kappa shape index (κ1) is 16.2. The molecule has 0 aromatic heterocycles. The topological polar surface area (TPSA) is 49.4 Å². The van der Waals surface area contributed by atoms with Gasteiger partial charge in [0.1, 0.15) is 6.17 Å². The maximum atomic E-state index is 12.3. The second kappa shape index (κ2) is 6.71. The number of carbonyl (C=O) groups excluding carboxylic acids is 1. The zero-order valence-electron chi connectivity index (χ0n) is 13.2. The van der Waals surface area contributed by atoms with Gasteiger partial charge in [0.2, 0.25) is 5.91 Å². The number of amides is 1. The molecule has 1 N–H and O–H groups in total. The van der Waals surface area contributed by atoms with E-state index in [1.165, 1.54) is 11.1 Å². The summed E-state index contributed by atoms with van der Waals surface area (Å²) in [7, 11) is -0.851. The second-order valence-corrected chi connectivity index (χ2v) is 7.48. The van der Waals surface area contributed by atoms with Gasteiger partial charge in [0.25, 0.3) is 0 Å². The number of hydrogen-bond acceptors (Lipinski definition) is 3. The van der Waals surface area contributed by atoms with Gasteiger partial charge < -0.3 is 4.90 Å². The van der Waals surface area contributed by atoms with Crippen LogP contribution in [0, 0.1) is 13.8 Å². The molecule has 0 spiro atoms. The Bertz CT molecular complexity index is 559. The predicted molar refractivity (Wildman–Crippen MR) is 86.5 cm³/mol. The lowest BCUT2D eigenvalue weighted by Gasteiger charge is -2.26. The van der Waals surface area contributed by atoms with Crippen LogP contribution in [0.1, 0.15) is 36.7 Å². The van der Waals surface area contributed by atoms with E-state index in [9.17, 15) is 9.00 Å². The molecule has 0 aliphatic carbocycles. The van der Waals surface area contributed by atoms with Gasteiger partial charge in [-0.15, -0.1) is 0 Å². The van der Waals surface area contributed by atoms with Crippen molar-refractivity contribution < 1.29 is 9.00 Å². The fraction of sp³-hybridized carbons (Fsp3) is 0.562. The molecule has 3 unspecified atom stereocenters. The number of rotatable bonds is 5. The highest BCUT2D eigenvalue weighted by Crippen LogP contribution is 2.28. The average molecular weight is 308 g/mol. The zero-order valence-corrected chi connectivity index (χ0v) is 14.0. The molecule has 0 bridgehead atoms. The fourth-order valence-corrected chi connectivity index (χ4v) is 3.44. The predicted octanol–water partition coefficient (Wildman–Crippen LogP) is 1.89. The first-order chi connectivity index (χ1) is 9.93. The Morgan fingerprint density at radius 1 is 1.33 bits per heavy atom. The minimum absolute atomic E-state index is 0.0908. The molecule has 21 heavy (non-hydrogen) atoms. The van der Waals surface area contributed by atoms with Gasteiger partial charge in [0.05, 0.1) is 6.04 Å². The second-order valence-electron chi connectivity index (χ2n) is 5.62. The Kier molecular flexibility index (Phi) is 5.17. The van der Waals surface area contributed by atoms with Crippen LogP contribution < -0.4 is 5.32 Å². The number of aryl methyl sites for hydroxylation is 2. The smallest absolute Gasteiger partial charge is 0.241 e. The molecule has 1 amide bonds. The third-order valence-electron chi connectivity index (χ3n) is 3.97. The minimum atomic E-state index is -0.851. The molecule has 1 saturated heterocycles. The first-order valence-electron chi connectivity index (χ1n) is 7.42. The highest BCUT2D eigenvalue weighted by molar-refractivity contribution is 7.84. The molecule has 4 nitrogen and oxygen atoms in total. The number of benzene rings is 1. The van der Waals surface area contributed by atoms with Gasteiger partial charge >= 0.3 is 0 Å². The molecule has 1 fully saturated rings. The molecule has 5 heteroatoms. The van der Waals surface area contributed by atoms with Crippen molar-refractivity contribution in [2.45, 2.75) is 39.9 Å². The summed E-state index contributed by atoms with van der Waals surface area (Å²) >= 11 is 0. The largest absolute Gasteiger partial charge is 0.321 e. The molecule has 1 heterocycles. The van der Waals surface area contributed by atoms with E-state index in [0.717, 1.165) is 5.56 Å². The van der Waals surface area contributed by atoms with Crippen LogP contribution in [-0.2, 0) is 15.6 Å². The molecule has 1 aliphatic heterocycles. The quantitative estimate of drug-likeness (QED) is 0.904. The van der Waals surface area contributed by atoms with Crippen LogP contribution in [0.25, 0.3) is 0 Å². The van der Waals surface area contributed by atoms with E-state index >= 15 is 0 Å². The van der Waals surface area contributed by atoms with Gasteiger partial charge in [-0.3, -0.25) is 14.3 Å². The molecular weight excluding hydrogens is 284 g/mol. The van der Waals surface area contributed by atoms with Crippen molar-refractivity contribution in [1.82, 2.24) is 10.2 Å². The summed E-state index contributed by atoms with van der Waals surface area (Å²) in [5, 5.41) is 3.35. The average Bonchev–Trinajstić information content (AvgIpc) is 2.72. The van der Waals surface area contributed by atoms with Crippen molar-refractivity contribution >= 4 is 16.7 Å². The Labute approximate surface area is 129 Å². The molecular formula is C16H24N2O2S. The lowest BCUT2D eigenvalue weighted by atomic mass is 10.0. The van der Waals surface area contributed by atoms with E-state index in [1.807, 2.05) is 18.7 Å². The Balaban J connectivity index is 2.23. The van der Waals surface area contributed by atoms with Crippen molar-refractivity contribution in [3.63, 3.8) is 0 Å². The van der Waals surface area contributed by atoms with Gasteiger partial charge in [0, 0.05) is 28.9 Å². The standard InChI is InChI=1S/C16H24N2O2S/c1-5-21(20)9-8-18-15(17-13(4)16(18)19)14-7-6-11(2)10-12(14)3/h6-7,10,13,15,17H,5,8-9H2,1-4H3. The number of carbonyl (C=O) groups is 1. The van der Waals surface area contributed by atoms with E-state index < -0.39 is 10.8 Å². The van der Waals surface area contributed by atoms with E-state index in [4.69, 9.17) is 0 Å². The van der Waals surface area contributed by atoms with Crippen LogP contribution in [0.2, 0.25) is 0 Å². The highest BCUT2D eigenvalue weighted by atomic mass is 32.2. The zero-order chi connectivity index (χ0) is 15.6. The fourth-order valence-electron chi connectivity index (χ4n) is 2.75. The SMILES string of the molecule is CCS(=O)CCN1C(=O)C(C)NC1c1ccc(C)cc1C. The molecule has 116 valence electrons. The lowest BCUT2D eigenvalue weighted by molar-refractivity contribution is -0.129. The number of hydrogen-bond donors (Lipinski definition) is 1. The van der Waals surface area contributed by atoms with Crippen molar-refractivity contribution in [2.24, 2.45) is 0 Å². The van der Waals surface area contributed by atoms with Crippen molar-refractivity contribution in [2.75, 3.05) is 18.1 Å². The van der Waals surface area contributed by atoms with E-state index in [0.29, 0.717) is 18.1 Å². The monoisotopic (exact) mass is 308 g/mol. The summed E-state index contributed by atoms with van der Waals surface area (Å²) in [5.41, 5.74) is 3.52. The van der Waals surface area contributed by atoms with E-state index in [2.05, 4.69) is 37.4 Å². The Morgan fingerprint density at radius 2 is 2.05 bits per heavy atom. The molecule has 0 radical (unpaired) electrons. The lowest BCUT2D eigenvalue weighted by Crippen LogP contribution is -2.34. The Morgan fingerprint density at radius 3 is 2.67 bits per heavy atom. The summed E-state index contributed by atoms with van der Waals surface area (Å²) in [4.78, 5) is 14.2. The summed E-state index contributed by atoms with van der Waals surface area (Å²) in [6, 6.07) is 6.09. The third-order valence-corrected chi connectivity index (χ3v) is 5.26. The van der Waals surface area contributed by atoms with Gasteiger partial charge in [0.15, 0.2) is 0 Å². The van der Waals surface area contributed by atoms with E-state index in [-0.39, 0.29) is 18.1 Å². The maximum Gasteiger partial charge on any atom is 0.241 e. The molecule has 2 rings (SSSR count). The molecule has 0 saturated carbocycles. The van der Waals surface area contributed by atoms with Crippen molar-refractivity contribution in [3.05, 3.63) is 34.9 Å². The van der Waals surface area contributed by atoms with Crippen LogP contribution in [0.3, 0.4) is 0 Å². The van der Waals surface area contributed by atoms with Crippen LogP contribution in [0.15, 0.2) is 18.2 Å². The summed E-state index contributed by atoms with van der Waals surface area (Å²) in [6.45, 7) is 8.46. The van der Waals surface area contributed by atoms with Gasteiger partial charge in [-0.2, -0.15) is 0 Å². The minimum Gasteiger partial charge on any atom is -0.321 e. The maximum absolute atomic E-state index is 12.3. The van der Waals surface area contributed by atoms with Gasteiger partial charge in [-0.25, -0.2) is 0 Å². The molecule has 1 aromatic rings. The number of nitrogens with one attached hydrogen (secondary N) is 1. The molecule has 3 atom stereocenters. The van der Waals surface area contributed by atoms with E-state index in [1.54, 1.807) is 0 Å². The highest BCUT2D eigenvalue weighted by Gasteiger charge is 2.37. The summed E-state index contributed by atoms with van der Waals surface area (Å²) in [5.74, 6) is 1.27. The van der Waals surface area contributed by atoms with Gasteiger partial charge in [-0.1, -0.05) is 30.7 Å². The van der Waals surface area contributed by atoms with Crippen molar-refractivity contribution in [3.8, 4) is 0 Å². The third kappa shape index (κ3) is 3.52. The van der Waals surface area contributed by atoms with Gasteiger partial charge in [-0.05, 0) is 31.9 Å². The summed E-state index contributed by atoms with van der Waals surface area (Å²) in [6.07, 6.45) is -0.109.